The van der Waals surface area contributed by atoms with E-state index in [1.54, 1.807) is 25.1 Å². The highest BCUT2D eigenvalue weighted by molar-refractivity contribution is 6.32. The van der Waals surface area contributed by atoms with Crippen molar-refractivity contribution < 1.29 is 39.3 Å². The first kappa shape index (κ1) is 24.0. The van der Waals surface area contributed by atoms with Crippen LogP contribution in [0.1, 0.15) is 22.3 Å². The van der Waals surface area contributed by atoms with Gasteiger partial charge < -0.3 is 31.3 Å². The zero-order valence-electron chi connectivity index (χ0n) is 18.8. The number of aromatic hydroxyl groups is 1. The highest BCUT2D eigenvalue weighted by Crippen LogP contribution is 2.51. The Morgan fingerprint density at radius 1 is 1.21 bits per heavy atom. The molecule has 1 aromatic carbocycles. The minimum absolute atomic E-state index is 0.0383. The van der Waals surface area contributed by atoms with Gasteiger partial charge in [0, 0.05) is 32.2 Å². The number of primary amides is 1. The first-order valence-electron chi connectivity index (χ1n) is 11.0. The number of benzene rings is 1. The topological polar surface area (TPSA) is 187 Å². The number of phenolic OH excluding ortho intramolecular Hbond substituents is 1. The Morgan fingerprint density at radius 2 is 1.88 bits per heavy atom. The summed E-state index contributed by atoms with van der Waals surface area (Å²) in [6, 6.07) is 1.70. The molecular formula is C23H27N3O8. The molecule has 0 spiro atoms. The Kier molecular flexibility index (Phi) is 5.83. The number of Topliss-reactive ketones (excluding diaryl/α,β-unsaturated/α-hetero) is 4. The zero-order chi connectivity index (χ0) is 25.1. The molecule has 0 radical (unpaired) electrons. The highest BCUT2D eigenvalue weighted by Gasteiger charge is 2.68. The molecule has 6 N–H and O–H groups in total. The fourth-order valence-electron chi connectivity index (χ4n) is 5.88. The van der Waals surface area contributed by atoms with Crippen LogP contribution in [-0.4, -0.2) is 83.2 Å². The number of fused-ring (bicyclic) bond motifs is 3. The predicted octanol–water partition coefficient (Wildman–Crippen LogP) is -2.05. The third-order valence-corrected chi connectivity index (χ3v) is 7.36. The summed E-state index contributed by atoms with van der Waals surface area (Å²) < 4.78 is 0. The Morgan fingerprint density at radius 3 is 2.47 bits per heavy atom. The van der Waals surface area contributed by atoms with Crippen LogP contribution in [0.15, 0.2) is 12.1 Å². The lowest BCUT2D eigenvalue weighted by Gasteiger charge is -2.51. The quantitative estimate of drug-likeness (QED) is 0.298. The van der Waals surface area contributed by atoms with Gasteiger partial charge in [0.05, 0.1) is 24.1 Å². The Labute approximate surface area is 194 Å². The molecule has 0 bridgehead atoms. The largest absolute Gasteiger partial charge is 0.507 e. The van der Waals surface area contributed by atoms with Crippen molar-refractivity contribution in [1.29, 1.82) is 0 Å². The number of carbonyl (C=O) groups excluding carboxylic acids is 5. The SMILES string of the molecule is CN(C)c1ccc(O)c2c1CC1C[C@H]3[C@H](NCCO)C(=O)C(C(N)=O)C(=O)[C@@]3(O)C(=O)C1C2=O. The van der Waals surface area contributed by atoms with Crippen LogP contribution in [0, 0.1) is 23.7 Å². The number of rotatable bonds is 5. The summed E-state index contributed by atoms with van der Waals surface area (Å²) in [4.78, 5) is 67.0. The summed E-state index contributed by atoms with van der Waals surface area (Å²) in [5.74, 6) is -11.0. The van der Waals surface area contributed by atoms with Crippen LogP contribution in [0.3, 0.4) is 0 Å². The summed E-state index contributed by atoms with van der Waals surface area (Å²) in [5.41, 5.74) is 3.65. The van der Waals surface area contributed by atoms with E-state index in [-0.39, 0.29) is 37.3 Å². The average Bonchev–Trinajstić information content (AvgIpc) is 2.75. The number of nitrogens with zero attached hydrogens (tertiary/aromatic N) is 1. The Balaban J connectivity index is 1.85. The van der Waals surface area contributed by atoms with Crippen molar-refractivity contribution in [2.75, 3.05) is 32.1 Å². The van der Waals surface area contributed by atoms with E-state index >= 15 is 0 Å². The van der Waals surface area contributed by atoms with Gasteiger partial charge in [-0.15, -0.1) is 0 Å². The van der Waals surface area contributed by atoms with Crippen molar-refractivity contribution in [1.82, 2.24) is 5.32 Å². The number of aliphatic hydroxyl groups is 2. The van der Waals surface area contributed by atoms with Crippen LogP contribution in [-0.2, 0) is 25.6 Å². The maximum Gasteiger partial charge on any atom is 0.235 e. The molecule has 182 valence electrons. The van der Waals surface area contributed by atoms with Gasteiger partial charge in [0.15, 0.2) is 34.7 Å². The van der Waals surface area contributed by atoms with E-state index < -0.39 is 64.4 Å². The first-order valence-corrected chi connectivity index (χ1v) is 11.0. The molecule has 34 heavy (non-hydrogen) atoms. The third kappa shape index (κ3) is 3.18. The number of ketones is 4. The van der Waals surface area contributed by atoms with Crippen molar-refractivity contribution >= 4 is 34.7 Å². The maximum absolute atomic E-state index is 13.6. The third-order valence-electron chi connectivity index (χ3n) is 7.36. The van der Waals surface area contributed by atoms with Crippen LogP contribution in [0.2, 0.25) is 0 Å². The molecule has 1 aromatic rings. The van der Waals surface area contributed by atoms with Gasteiger partial charge in [-0.3, -0.25) is 24.0 Å². The minimum atomic E-state index is -2.79. The monoisotopic (exact) mass is 473 g/mol. The molecule has 11 heteroatoms. The molecular weight excluding hydrogens is 446 g/mol. The second-order valence-electron chi connectivity index (χ2n) is 9.39. The van der Waals surface area contributed by atoms with Crippen molar-refractivity contribution in [3.8, 4) is 5.75 Å². The van der Waals surface area contributed by atoms with Crippen LogP contribution in [0.4, 0.5) is 5.69 Å². The lowest BCUT2D eigenvalue weighted by Crippen LogP contribution is -2.74. The van der Waals surface area contributed by atoms with Gasteiger partial charge in [0.2, 0.25) is 5.91 Å². The van der Waals surface area contributed by atoms with Gasteiger partial charge in [0.25, 0.3) is 0 Å². The Bertz CT molecular complexity index is 1120. The van der Waals surface area contributed by atoms with Gasteiger partial charge in [-0.1, -0.05) is 0 Å². The van der Waals surface area contributed by atoms with Crippen LogP contribution in [0.5, 0.6) is 5.75 Å². The van der Waals surface area contributed by atoms with Gasteiger partial charge in [-0.05, 0) is 36.5 Å². The predicted molar refractivity (Wildman–Crippen MR) is 117 cm³/mol. The number of nitrogens with one attached hydrogen (secondary N) is 1. The van der Waals surface area contributed by atoms with Crippen LogP contribution >= 0.6 is 0 Å². The van der Waals surface area contributed by atoms with Crippen molar-refractivity contribution in [3.05, 3.63) is 23.3 Å². The van der Waals surface area contributed by atoms with E-state index in [0.29, 0.717) is 11.3 Å². The van der Waals surface area contributed by atoms with Crippen LogP contribution < -0.4 is 16.0 Å². The average molecular weight is 473 g/mol. The second-order valence-corrected chi connectivity index (χ2v) is 9.39. The first-order chi connectivity index (χ1) is 16.0. The van der Waals surface area contributed by atoms with Crippen molar-refractivity contribution in [2.45, 2.75) is 24.5 Å². The molecule has 11 nitrogen and oxygen atoms in total. The molecule has 3 aliphatic carbocycles. The van der Waals surface area contributed by atoms with E-state index in [4.69, 9.17) is 5.73 Å². The van der Waals surface area contributed by atoms with Crippen LogP contribution in [0.25, 0.3) is 0 Å². The minimum Gasteiger partial charge on any atom is -0.507 e. The highest BCUT2D eigenvalue weighted by atomic mass is 16.3. The molecule has 2 fully saturated rings. The molecule has 3 aliphatic rings. The van der Waals surface area contributed by atoms with E-state index in [0.717, 1.165) is 0 Å². The fourth-order valence-corrected chi connectivity index (χ4v) is 5.88. The molecule has 6 atom stereocenters. The summed E-state index contributed by atoms with van der Waals surface area (Å²) in [6.07, 6.45) is 0.146. The number of hydrogen-bond acceptors (Lipinski definition) is 10. The van der Waals surface area contributed by atoms with E-state index in [1.807, 2.05) is 0 Å². The normalized spacial score (nSPS) is 32.6. The van der Waals surface area contributed by atoms with Crippen molar-refractivity contribution in [3.63, 3.8) is 0 Å². The number of carbonyl (C=O) groups is 5. The number of phenols is 1. The zero-order valence-corrected chi connectivity index (χ0v) is 18.8. The van der Waals surface area contributed by atoms with Gasteiger partial charge >= 0.3 is 0 Å². The van der Waals surface area contributed by atoms with Gasteiger partial charge in [0.1, 0.15) is 5.75 Å². The Hall–Kier alpha value is -3.15. The lowest BCUT2D eigenvalue weighted by molar-refractivity contribution is -0.178. The molecule has 1 amide bonds. The molecule has 2 saturated carbocycles. The smallest absolute Gasteiger partial charge is 0.235 e. The molecule has 3 unspecified atom stereocenters. The summed E-state index contributed by atoms with van der Waals surface area (Å²) >= 11 is 0. The summed E-state index contributed by atoms with van der Waals surface area (Å²) in [6.45, 7) is -0.465. The number of nitrogens with two attached hydrogens (primary N) is 1. The standard InChI is InChI=1S/C23H27N3O8/c1-26(2)12-3-4-13(28)15-10(12)7-9-8-11-17(25-5-6-27)19(30)16(22(24)33)21(32)23(11,34)20(31)14(9)18(15)29/h3-4,9,11,14,16-17,25,27-28,34H,5-8H2,1-2H3,(H2,24,33)/t9?,11-,14?,16?,17-,23-/m0/s1. The van der Waals surface area contributed by atoms with Gasteiger partial charge in [-0.25, -0.2) is 0 Å². The molecule has 0 saturated heterocycles. The lowest BCUT2D eigenvalue weighted by atomic mass is 9.52. The van der Waals surface area contributed by atoms with Crippen molar-refractivity contribution in [2.24, 2.45) is 29.4 Å². The van der Waals surface area contributed by atoms with E-state index in [1.165, 1.54) is 6.07 Å². The van der Waals surface area contributed by atoms with E-state index in [9.17, 15) is 39.3 Å². The second kappa shape index (κ2) is 8.26. The fraction of sp³-hybridized carbons (Fsp3) is 0.522. The maximum atomic E-state index is 13.6. The number of amides is 1. The number of aliphatic hydroxyl groups excluding tert-OH is 1. The summed E-state index contributed by atoms with van der Waals surface area (Å²) in [7, 11) is 3.54. The van der Waals surface area contributed by atoms with Gasteiger partial charge in [-0.2, -0.15) is 0 Å². The van der Waals surface area contributed by atoms with E-state index in [2.05, 4.69) is 5.32 Å². The molecule has 4 rings (SSSR count). The molecule has 0 aliphatic heterocycles. The molecule has 0 aromatic heterocycles. The molecule has 0 heterocycles. The summed E-state index contributed by atoms with van der Waals surface area (Å²) in [5, 5.41) is 33.9. The number of anilines is 1. The number of hydrogen-bond donors (Lipinski definition) is 5.